The van der Waals surface area contributed by atoms with Gasteiger partial charge < -0.3 is 19.2 Å². The quantitative estimate of drug-likeness (QED) is 0.887. The van der Waals surface area contributed by atoms with Gasteiger partial charge in [-0.2, -0.15) is 4.98 Å². The first-order valence-electron chi connectivity index (χ1n) is 7.35. The fourth-order valence-corrected chi connectivity index (χ4v) is 1.91. The maximum atomic E-state index is 12.1. The lowest BCUT2D eigenvalue weighted by atomic mass is 10.2. The standard InChI is InChI=1S/C15H22N4O3/c1-10(2)14-17-13(18-22-14)7-8-16-15(20)19(4)11(3)12-6-5-9-21-12/h5-6,9-11H,7-8H2,1-4H3,(H,16,20)/t11-/m1/s1. The maximum Gasteiger partial charge on any atom is 0.317 e. The van der Waals surface area contributed by atoms with Crippen LogP contribution in [0.25, 0.3) is 0 Å². The molecule has 0 unspecified atom stereocenters. The molecule has 120 valence electrons. The fraction of sp³-hybridized carbons (Fsp3) is 0.533. The van der Waals surface area contributed by atoms with E-state index in [-0.39, 0.29) is 18.0 Å². The van der Waals surface area contributed by atoms with E-state index in [1.807, 2.05) is 26.8 Å². The lowest BCUT2D eigenvalue weighted by molar-refractivity contribution is 0.187. The molecule has 0 aliphatic rings. The molecule has 0 bridgehead atoms. The van der Waals surface area contributed by atoms with Crippen molar-refractivity contribution < 1.29 is 13.7 Å². The second kappa shape index (κ2) is 7.11. The van der Waals surface area contributed by atoms with E-state index in [0.29, 0.717) is 24.7 Å². The Morgan fingerprint density at radius 2 is 2.18 bits per heavy atom. The first-order valence-corrected chi connectivity index (χ1v) is 7.35. The highest BCUT2D eigenvalue weighted by atomic mass is 16.5. The van der Waals surface area contributed by atoms with E-state index in [2.05, 4.69) is 15.5 Å². The van der Waals surface area contributed by atoms with Crippen LogP contribution in [0.15, 0.2) is 27.3 Å². The van der Waals surface area contributed by atoms with E-state index in [0.717, 1.165) is 5.76 Å². The highest BCUT2D eigenvalue weighted by molar-refractivity contribution is 5.74. The molecule has 0 saturated heterocycles. The summed E-state index contributed by atoms with van der Waals surface area (Å²) in [5.41, 5.74) is 0. The number of nitrogens with one attached hydrogen (secondary N) is 1. The van der Waals surface area contributed by atoms with Crippen molar-refractivity contribution in [1.82, 2.24) is 20.4 Å². The Kier molecular flexibility index (Phi) is 5.19. The van der Waals surface area contributed by atoms with Crippen LogP contribution in [0.5, 0.6) is 0 Å². The van der Waals surface area contributed by atoms with Crippen molar-refractivity contribution in [3.05, 3.63) is 35.9 Å². The highest BCUT2D eigenvalue weighted by Crippen LogP contribution is 2.18. The van der Waals surface area contributed by atoms with Crippen LogP contribution in [0.4, 0.5) is 4.79 Å². The summed E-state index contributed by atoms with van der Waals surface area (Å²) in [6.45, 7) is 6.34. The number of carbonyl (C=O) groups is 1. The van der Waals surface area contributed by atoms with Crippen LogP contribution in [0.1, 0.15) is 50.2 Å². The van der Waals surface area contributed by atoms with E-state index in [9.17, 15) is 4.79 Å². The molecule has 0 fully saturated rings. The molecule has 1 atom stereocenters. The van der Waals surface area contributed by atoms with Gasteiger partial charge in [0.15, 0.2) is 5.82 Å². The Morgan fingerprint density at radius 3 is 2.77 bits per heavy atom. The Bertz CT molecular complexity index is 592. The molecule has 0 aliphatic carbocycles. The summed E-state index contributed by atoms with van der Waals surface area (Å²) in [7, 11) is 1.73. The van der Waals surface area contributed by atoms with E-state index >= 15 is 0 Å². The highest BCUT2D eigenvalue weighted by Gasteiger charge is 2.19. The number of hydrogen-bond donors (Lipinski definition) is 1. The molecule has 2 rings (SSSR count). The first kappa shape index (κ1) is 16.1. The average molecular weight is 306 g/mol. The third kappa shape index (κ3) is 3.87. The summed E-state index contributed by atoms with van der Waals surface area (Å²) >= 11 is 0. The minimum atomic E-state index is -0.170. The minimum Gasteiger partial charge on any atom is -0.467 e. The molecule has 0 aromatic carbocycles. The maximum absolute atomic E-state index is 12.1. The number of furan rings is 1. The summed E-state index contributed by atoms with van der Waals surface area (Å²) in [5.74, 6) is 2.17. The molecule has 22 heavy (non-hydrogen) atoms. The molecule has 1 N–H and O–H groups in total. The molecular weight excluding hydrogens is 284 g/mol. The zero-order chi connectivity index (χ0) is 16.1. The molecule has 0 saturated carbocycles. The summed E-state index contributed by atoms with van der Waals surface area (Å²) in [6.07, 6.45) is 2.13. The number of amides is 2. The number of aromatic nitrogens is 2. The molecule has 0 aliphatic heterocycles. The third-order valence-corrected chi connectivity index (χ3v) is 3.46. The predicted molar refractivity (Wildman–Crippen MR) is 80.4 cm³/mol. The normalized spacial score (nSPS) is 12.4. The number of carbonyl (C=O) groups excluding carboxylic acids is 1. The zero-order valence-electron chi connectivity index (χ0n) is 13.4. The molecule has 2 aromatic rings. The SMILES string of the molecule is CC(C)c1nc(CCNC(=O)N(C)[C@H](C)c2ccco2)no1. The van der Waals surface area contributed by atoms with Crippen LogP contribution in [-0.2, 0) is 6.42 Å². The van der Waals surface area contributed by atoms with Gasteiger partial charge in [0, 0.05) is 25.9 Å². The number of rotatable bonds is 6. The van der Waals surface area contributed by atoms with E-state index < -0.39 is 0 Å². The van der Waals surface area contributed by atoms with Gasteiger partial charge in [-0.15, -0.1) is 0 Å². The molecule has 2 amide bonds. The second-order valence-corrected chi connectivity index (χ2v) is 5.49. The van der Waals surface area contributed by atoms with Crippen LogP contribution in [0, 0.1) is 0 Å². The van der Waals surface area contributed by atoms with Crippen molar-refractivity contribution in [1.29, 1.82) is 0 Å². The van der Waals surface area contributed by atoms with E-state index in [1.165, 1.54) is 0 Å². The minimum absolute atomic E-state index is 0.132. The average Bonchev–Trinajstić information content (AvgIpc) is 3.16. The number of hydrogen-bond acceptors (Lipinski definition) is 5. The van der Waals surface area contributed by atoms with Crippen LogP contribution in [0.2, 0.25) is 0 Å². The van der Waals surface area contributed by atoms with Gasteiger partial charge in [0.25, 0.3) is 0 Å². The lowest BCUT2D eigenvalue weighted by Gasteiger charge is -2.23. The molecule has 0 spiro atoms. The zero-order valence-corrected chi connectivity index (χ0v) is 13.4. The third-order valence-electron chi connectivity index (χ3n) is 3.46. The summed E-state index contributed by atoms with van der Waals surface area (Å²) in [6, 6.07) is 3.35. The van der Waals surface area contributed by atoms with Crippen molar-refractivity contribution >= 4 is 6.03 Å². The monoisotopic (exact) mass is 306 g/mol. The van der Waals surface area contributed by atoms with Crippen LogP contribution in [-0.4, -0.2) is 34.7 Å². The second-order valence-electron chi connectivity index (χ2n) is 5.49. The lowest BCUT2D eigenvalue weighted by Crippen LogP contribution is -2.39. The van der Waals surface area contributed by atoms with Gasteiger partial charge >= 0.3 is 6.03 Å². The van der Waals surface area contributed by atoms with Crippen molar-refractivity contribution in [3.8, 4) is 0 Å². The van der Waals surface area contributed by atoms with Gasteiger partial charge in [-0.25, -0.2) is 4.79 Å². The van der Waals surface area contributed by atoms with Crippen LogP contribution in [0.3, 0.4) is 0 Å². The molecule has 2 aromatic heterocycles. The topological polar surface area (TPSA) is 84.4 Å². The van der Waals surface area contributed by atoms with Gasteiger partial charge in [-0.3, -0.25) is 0 Å². The molecule has 7 nitrogen and oxygen atoms in total. The molecule has 7 heteroatoms. The number of urea groups is 1. The Hall–Kier alpha value is -2.31. The van der Waals surface area contributed by atoms with Crippen molar-refractivity contribution in [2.75, 3.05) is 13.6 Å². The van der Waals surface area contributed by atoms with Gasteiger partial charge in [0.1, 0.15) is 5.76 Å². The van der Waals surface area contributed by atoms with Gasteiger partial charge in [-0.1, -0.05) is 19.0 Å². The Labute approximate surface area is 129 Å². The number of nitrogens with zero attached hydrogens (tertiary/aromatic N) is 3. The summed E-state index contributed by atoms with van der Waals surface area (Å²) in [4.78, 5) is 18.0. The molecule has 0 radical (unpaired) electrons. The summed E-state index contributed by atoms with van der Waals surface area (Å²) < 4.78 is 10.4. The smallest absolute Gasteiger partial charge is 0.317 e. The van der Waals surface area contributed by atoms with Gasteiger partial charge in [-0.05, 0) is 19.1 Å². The van der Waals surface area contributed by atoms with E-state index in [1.54, 1.807) is 24.3 Å². The van der Waals surface area contributed by atoms with Gasteiger partial charge in [0.05, 0.1) is 12.3 Å². The van der Waals surface area contributed by atoms with Crippen molar-refractivity contribution in [3.63, 3.8) is 0 Å². The molecular formula is C15H22N4O3. The van der Waals surface area contributed by atoms with E-state index in [4.69, 9.17) is 8.94 Å². The largest absolute Gasteiger partial charge is 0.467 e. The van der Waals surface area contributed by atoms with Crippen molar-refractivity contribution in [2.45, 2.75) is 39.2 Å². The summed E-state index contributed by atoms with van der Waals surface area (Å²) in [5, 5.41) is 6.72. The predicted octanol–water partition coefficient (Wildman–Crippen LogP) is 2.73. The van der Waals surface area contributed by atoms with Crippen LogP contribution >= 0.6 is 0 Å². The fourth-order valence-electron chi connectivity index (χ4n) is 1.91. The molecule has 2 heterocycles. The van der Waals surface area contributed by atoms with Gasteiger partial charge in [0.2, 0.25) is 5.89 Å². The first-order chi connectivity index (χ1) is 10.5. The Balaban J connectivity index is 1.79. The Morgan fingerprint density at radius 1 is 1.41 bits per heavy atom. The van der Waals surface area contributed by atoms with Crippen LogP contribution < -0.4 is 5.32 Å². The van der Waals surface area contributed by atoms with Crippen molar-refractivity contribution in [2.24, 2.45) is 0 Å².